The summed E-state index contributed by atoms with van der Waals surface area (Å²) in [5.41, 5.74) is 4.91. The van der Waals surface area contributed by atoms with E-state index in [-0.39, 0.29) is 17.7 Å². The molecule has 0 radical (unpaired) electrons. The summed E-state index contributed by atoms with van der Waals surface area (Å²) in [4.78, 5) is 41.3. The molecule has 0 spiro atoms. The number of aromatic nitrogens is 1. The van der Waals surface area contributed by atoms with Gasteiger partial charge in [0.15, 0.2) is 0 Å². The van der Waals surface area contributed by atoms with Crippen molar-refractivity contribution < 1.29 is 19.5 Å². The van der Waals surface area contributed by atoms with E-state index in [0.29, 0.717) is 25.9 Å². The molecule has 206 valence electrons. The van der Waals surface area contributed by atoms with Crippen LogP contribution in [-0.4, -0.2) is 59.0 Å². The minimum atomic E-state index is -1.24. The van der Waals surface area contributed by atoms with Crippen LogP contribution in [-0.2, 0) is 20.8 Å². The Bertz CT molecular complexity index is 1150. The number of carbonyl (C=O) groups is 3. The van der Waals surface area contributed by atoms with Crippen LogP contribution in [0.3, 0.4) is 0 Å². The number of rotatable bonds is 12. The van der Waals surface area contributed by atoms with Crippen LogP contribution in [0.15, 0.2) is 36.5 Å². The van der Waals surface area contributed by atoms with Crippen molar-refractivity contribution in [3.63, 3.8) is 0 Å². The highest BCUT2D eigenvalue weighted by Crippen LogP contribution is 2.17. The van der Waals surface area contributed by atoms with E-state index in [4.69, 9.17) is 0 Å². The summed E-state index contributed by atoms with van der Waals surface area (Å²) in [5, 5.41) is 20.8. The van der Waals surface area contributed by atoms with E-state index in [9.17, 15) is 19.5 Å². The number of aliphatic carboxylic acids is 1. The first-order chi connectivity index (χ1) is 18.2. The van der Waals surface area contributed by atoms with Gasteiger partial charge in [0, 0.05) is 18.1 Å². The minimum Gasteiger partial charge on any atom is -0.548 e. The molecule has 1 aliphatic rings. The lowest BCUT2D eigenvalue weighted by Crippen LogP contribution is -2.62. The Balaban J connectivity index is 1.45. The standard InChI is InChI=1S/C29H41N5O4/c1-5-21-12-13-22-18-31-24(17-23(22)16-21)10-7-6-8-14-30-26(19(2)3)27(35)32-20(4)28(36)34-15-9-11-25(33-34)29(37)38/h7,10,12-13,16-20,25-26,30,33H,5-6,8-9,11,14-15H2,1-4H3,(H,32,35)(H,37,38)/p-1/b10-7+/t20-,25-,26-/m0/s1. The lowest BCUT2D eigenvalue weighted by atomic mass is 10.0. The number of unbranched alkanes of at least 4 members (excludes halogenated alkanes) is 1. The fourth-order valence-corrected chi connectivity index (χ4v) is 4.54. The molecule has 1 fully saturated rings. The number of carboxylic acids is 1. The van der Waals surface area contributed by atoms with Crippen molar-refractivity contribution >= 4 is 34.6 Å². The molecule has 3 rings (SSSR count). The fourth-order valence-electron chi connectivity index (χ4n) is 4.54. The van der Waals surface area contributed by atoms with E-state index in [1.54, 1.807) is 6.92 Å². The molecule has 3 atom stereocenters. The molecule has 0 bridgehead atoms. The number of allylic oxidation sites excluding steroid dienone is 1. The Labute approximate surface area is 225 Å². The molecule has 3 N–H and O–H groups in total. The van der Waals surface area contributed by atoms with Crippen LogP contribution in [0.4, 0.5) is 0 Å². The summed E-state index contributed by atoms with van der Waals surface area (Å²) in [6.07, 6.45) is 9.66. The first-order valence-corrected chi connectivity index (χ1v) is 13.6. The summed E-state index contributed by atoms with van der Waals surface area (Å²) in [5.74, 6) is -1.84. The van der Waals surface area contributed by atoms with Gasteiger partial charge >= 0.3 is 0 Å². The van der Waals surface area contributed by atoms with Gasteiger partial charge in [0.25, 0.3) is 5.91 Å². The second-order valence-corrected chi connectivity index (χ2v) is 10.2. The Morgan fingerprint density at radius 2 is 2.00 bits per heavy atom. The average molecular weight is 523 g/mol. The molecule has 2 heterocycles. The Hall–Kier alpha value is -3.30. The van der Waals surface area contributed by atoms with Crippen molar-refractivity contribution in [3.8, 4) is 0 Å². The van der Waals surface area contributed by atoms with Gasteiger partial charge < -0.3 is 20.5 Å². The van der Waals surface area contributed by atoms with Crippen LogP contribution in [0.2, 0.25) is 0 Å². The molecule has 0 aliphatic carbocycles. The Morgan fingerprint density at radius 3 is 2.71 bits per heavy atom. The quantitative estimate of drug-likeness (QED) is 0.364. The number of benzene rings is 1. The SMILES string of the molecule is CCc1ccc2cnc(/C=C/CCCN[C@H](C(=O)N[C@@H](C)C(=O)N3CCC[C@@H](C(=O)[O-])N3)C(C)C)cc2c1. The monoisotopic (exact) mass is 522 g/mol. The number of aryl methyl sites for hydroxylation is 1. The van der Waals surface area contributed by atoms with E-state index in [1.165, 1.54) is 16.0 Å². The zero-order valence-electron chi connectivity index (χ0n) is 22.8. The van der Waals surface area contributed by atoms with Gasteiger partial charge in [-0.05, 0) is 74.6 Å². The van der Waals surface area contributed by atoms with Crippen molar-refractivity contribution in [1.82, 2.24) is 26.1 Å². The molecular weight excluding hydrogens is 482 g/mol. The maximum absolute atomic E-state index is 12.9. The third-order valence-corrected chi connectivity index (χ3v) is 6.83. The number of amides is 2. The van der Waals surface area contributed by atoms with E-state index >= 15 is 0 Å². The van der Waals surface area contributed by atoms with Crippen LogP contribution >= 0.6 is 0 Å². The summed E-state index contributed by atoms with van der Waals surface area (Å²) in [6, 6.07) is 6.41. The molecule has 2 amide bonds. The maximum Gasteiger partial charge on any atom is 0.258 e. The van der Waals surface area contributed by atoms with Crippen molar-refractivity contribution in [2.24, 2.45) is 5.92 Å². The third-order valence-electron chi connectivity index (χ3n) is 6.83. The number of nitrogens with one attached hydrogen (secondary N) is 3. The first kappa shape index (κ1) is 29.3. The van der Waals surface area contributed by atoms with Crippen LogP contribution in [0.5, 0.6) is 0 Å². The molecule has 9 heteroatoms. The maximum atomic E-state index is 12.9. The molecule has 1 saturated heterocycles. The summed E-state index contributed by atoms with van der Waals surface area (Å²) in [6.45, 7) is 8.70. The number of carboxylic acid groups (broad SMARTS) is 1. The highest BCUT2D eigenvalue weighted by atomic mass is 16.4. The molecule has 38 heavy (non-hydrogen) atoms. The molecule has 1 aliphatic heterocycles. The van der Waals surface area contributed by atoms with E-state index < -0.39 is 24.1 Å². The van der Waals surface area contributed by atoms with Gasteiger partial charge in [-0.3, -0.25) is 19.6 Å². The third kappa shape index (κ3) is 8.10. The highest BCUT2D eigenvalue weighted by molar-refractivity contribution is 5.89. The fraction of sp³-hybridized carbons (Fsp3) is 0.517. The van der Waals surface area contributed by atoms with E-state index in [2.05, 4.69) is 58.3 Å². The number of hydrazine groups is 1. The van der Waals surface area contributed by atoms with Gasteiger partial charge in [0.05, 0.1) is 23.7 Å². The minimum absolute atomic E-state index is 0.0261. The molecule has 0 unspecified atom stereocenters. The van der Waals surface area contributed by atoms with Gasteiger partial charge in [0.2, 0.25) is 5.91 Å². The lowest BCUT2D eigenvalue weighted by molar-refractivity contribution is -0.310. The molecule has 1 aromatic carbocycles. The average Bonchev–Trinajstić information content (AvgIpc) is 2.91. The van der Waals surface area contributed by atoms with Crippen LogP contribution in [0, 0.1) is 5.92 Å². The van der Waals surface area contributed by atoms with Crippen molar-refractivity contribution in [2.75, 3.05) is 13.1 Å². The zero-order chi connectivity index (χ0) is 27.7. The zero-order valence-corrected chi connectivity index (χ0v) is 22.8. The number of hydrogen-bond donors (Lipinski definition) is 3. The van der Waals surface area contributed by atoms with Gasteiger partial charge in [-0.1, -0.05) is 45.0 Å². The highest BCUT2D eigenvalue weighted by Gasteiger charge is 2.30. The smallest absolute Gasteiger partial charge is 0.258 e. The number of fused-ring (bicyclic) bond motifs is 1. The molecule has 0 saturated carbocycles. The molecule has 9 nitrogen and oxygen atoms in total. The van der Waals surface area contributed by atoms with Gasteiger partial charge in [-0.15, -0.1) is 0 Å². The second-order valence-electron chi connectivity index (χ2n) is 10.2. The van der Waals surface area contributed by atoms with Crippen LogP contribution in [0.25, 0.3) is 16.8 Å². The van der Waals surface area contributed by atoms with Crippen molar-refractivity contribution in [3.05, 3.63) is 47.8 Å². The lowest BCUT2D eigenvalue weighted by Gasteiger charge is -2.36. The second kappa shape index (κ2) is 14.0. The number of hydrogen-bond acceptors (Lipinski definition) is 7. The topological polar surface area (TPSA) is 126 Å². The number of carbonyl (C=O) groups excluding carboxylic acids is 3. The van der Waals surface area contributed by atoms with Gasteiger partial charge in [-0.2, -0.15) is 0 Å². The molecular formula is C29H40N5O4-. The van der Waals surface area contributed by atoms with Crippen molar-refractivity contribution in [1.29, 1.82) is 0 Å². The largest absolute Gasteiger partial charge is 0.548 e. The predicted molar refractivity (Wildman–Crippen MR) is 147 cm³/mol. The first-order valence-electron chi connectivity index (χ1n) is 13.6. The van der Waals surface area contributed by atoms with Crippen LogP contribution in [0.1, 0.15) is 64.6 Å². The van der Waals surface area contributed by atoms with E-state index in [0.717, 1.165) is 30.3 Å². The summed E-state index contributed by atoms with van der Waals surface area (Å²) in [7, 11) is 0. The van der Waals surface area contributed by atoms with Gasteiger partial charge in [-0.25, -0.2) is 5.43 Å². The Morgan fingerprint density at radius 1 is 1.21 bits per heavy atom. The summed E-state index contributed by atoms with van der Waals surface area (Å²) >= 11 is 0. The number of nitrogens with zero attached hydrogens (tertiary/aromatic N) is 2. The normalized spacial score (nSPS) is 17.6. The molecule has 1 aromatic heterocycles. The molecule has 2 aromatic rings. The summed E-state index contributed by atoms with van der Waals surface area (Å²) < 4.78 is 0. The predicted octanol–water partition coefficient (Wildman–Crippen LogP) is 1.96. The Kier molecular flexibility index (Phi) is 10.8. The van der Waals surface area contributed by atoms with Gasteiger partial charge in [0.1, 0.15) is 6.04 Å². The van der Waals surface area contributed by atoms with Crippen molar-refractivity contribution in [2.45, 2.75) is 77.9 Å². The van der Waals surface area contributed by atoms with E-state index in [1.807, 2.05) is 26.1 Å². The number of pyridine rings is 1. The van der Waals surface area contributed by atoms with Crippen LogP contribution < -0.4 is 21.2 Å².